The molecule has 1 aliphatic rings. The van der Waals surface area contributed by atoms with Crippen molar-refractivity contribution in [3.8, 4) is 5.75 Å². The van der Waals surface area contributed by atoms with E-state index >= 15 is 0 Å². The van der Waals surface area contributed by atoms with E-state index in [4.69, 9.17) is 9.84 Å². The lowest BCUT2D eigenvalue weighted by molar-refractivity contribution is 0.0690. The van der Waals surface area contributed by atoms with Crippen molar-refractivity contribution in [2.24, 2.45) is 0 Å². The highest BCUT2D eigenvalue weighted by Crippen LogP contribution is 2.18. The molecule has 0 saturated carbocycles. The number of carboxylic acid groups (broad SMARTS) is 1. The van der Waals surface area contributed by atoms with Gasteiger partial charge in [0.25, 0.3) is 0 Å². The molecule has 5 nitrogen and oxygen atoms in total. The Morgan fingerprint density at radius 1 is 1.33 bits per heavy atom. The van der Waals surface area contributed by atoms with Crippen LogP contribution in [-0.4, -0.2) is 67.3 Å². The first-order chi connectivity index (χ1) is 10.1. The van der Waals surface area contributed by atoms with Crippen LogP contribution in [0.5, 0.6) is 5.75 Å². The summed E-state index contributed by atoms with van der Waals surface area (Å²) in [5, 5.41) is 9.10. The third-order valence-corrected chi connectivity index (χ3v) is 4.07. The van der Waals surface area contributed by atoms with Gasteiger partial charge in [0.05, 0.1) is 0 Å². The Morgan fingerprint density at radius 2 is 2.00 bits per heavy atom. The number of benzene rings is 1. The summed E-state index contributed by atoms with van der Waals surface area (Å²) in [7, 11) is 4.26. The van der Waals surface area contributed by atoms with Crippen LogP contribution in [0.2, 0.25) is 0 Å². The molecule has 5 heteroatoms. The van der Waals surface area contributed by atoms with Crippen LogP contribution < -0.4 is 4.74 Å². The van der Waals surface area contributed by atoms with Gasteiger partial charge in [-0.15, -0.1) is 0 Å². The molecule has 2 rings (SSSR count). The summed E-state index contributed by atoms with van der Waals surface area (Å²) in [5.41, 5.74) is 0.226. The first-order valence-corrected chi connectivity index (χ1v) is 7.42. The quantitative estimate of drug-likeness (QED) is 0.866. The lowest BCUT2D eigenvalue weighted by Crippen LogP contribution is -2.43. The molecule has 0 bridgehead atoms. The second-order valence-electron chi connectivity index (χ2n) is 5.69. The zero-order valence-corrected chi connectivity index (χ0v) is 12.8. The van der Waals surface area contributed by atoms with Crippen LogP contribution in [0.4, 0.5) is 0 Å². The number of carboxylic acids is 1. The number of nitrogens with zero attached hydrogens (tertiary/aromatic N) is 2. The summed E-state index contributed by atoms with van der Waals surface area (Å²) in [6.45, 7) is 3.52. The van der Waals surface area contributed by atoms with Crippen molar-refractivity contribution in [2.45, 2.75) is 18.9 Å². The molecule has 1 aliphatic heterocycles. The molecule has 1 N–H and O–H groups in total. The normalized spacial score (nSPS) is 17.1. The highest BCUT2D eigenvalue weighted by atomic mass is 16.5. The molecule has 1 aromatic carbocycles. The topological polar surface area (TPSA) is 53.0 Å². The van der Waals surface area contributed by atoms with Crippen molar-refractivity contribution in [1.82, 2.24) is 9.80 Å². The molecule has 0 aromatic heterocycles. The van der Waals surface area contributed by atoms with Crippen molar-refractivity contribution in [1.29, 1.82) is 0 Å². The van der Waals surface area contributed by atoms with E-state index in [2.05, 4.69) is 23.9 Å². The van der Waals surface area contributed by atoms with Crippen molar-refractivity contribution < 1.29 is 14.6 Å². The van der Waals surface area contributed by atoms with E-state index in [1.807, 2.05) is 0 Å². The maximum atomic E-state index is 11.1. The van der Waals surface area contributed by atoms with Crippen molar-refractivity contribution in [2.75, 3.05) is 40.3 Å². The second kappa shape index (κ2) is 7.43. The third-order valence-electron chi connectivity index (χ3n) is 4.07. The first-order valence-electron chi connectivity index (χ1n) is 7.42. The highest BCUT2D eigenvalue weighted by Gasteiger charge is 2.20. The summed E-state index contributed by atoms with van der Waals surface area (Å²) >= 11 is 0. The molecule has 0 aliphatic carbocycles. The maximum absolute atomic E-state index is 11.1. The summed E-state index contributed by atoms with van der Waals surface area (Å²) in [6.07, 6.45) is 2.36. The van der Waals surface area contributed by atoms with Crippen LogP contribution in [0, 0.1) is 0 Å². The fraction of sp³-hybridized carbons (Fsp3) is 0.562. The van der Waals surface area contributed by atoms with Crippen molar-refractivity contribution >= 4 is 5.97 Å². The minimum absolute atomic E-state index is 0.226. The molecule has 0 atom stereocenters. The van der Waals surface area contributed by atoms with Crippen molar-refractivity contribution in [3.05, 3.63) is 29.8 Å². The van der Waals surface area contributed by atoms with Gasteiger partial charge in [0.15, 0.2) is 0 Å². The minimum atomic E-state index is -0.947. The summed E-state index contributed by atoms with van der Waals surface area (Å²) in [5.74, 6) is -0.495. The number of hydrogen-bond donors (Lipinski definition) is 1. The van der Waals surface area contributed by atoms with Gasteiger partial charge in [-0.05, 0) is 52.2 Å². The minimum Gasteiger partial charge on any atom is -0.491 e. The second-order valence-corrected chi connectivity index (χ2v) is 5.69. The largest absolute Gasteiger partial charge is 0.491 e. The molecule has 1 aromatic rings. The number of ether oxygens (including phenoxy) is 1. The van der Waals surface area contributed by atoms with Gasteiger partial charge in [-0.2, -0.15) is 0 Å². The Balaban J connectivity index is 1.77. The van der Waals surface area contributed by atoms with Gasteiger partial charge < -0.3 is 14.7 Å². The van der Waals surface area contributed by atoms with Gasteiger partial charge in [-0.25, -0.2) is 4.79 Å². The molecular weight excluding hydrogens is 268 g/mol. The van der Waals surface area contributed by atoms with E-state index in [-0.39, 0.29) is 5.56 Å². The monoisotopic (exact) mass is 292 g/mol. The van der Waals surface area contributed by atoms with Crippen LogP contribution >= 0.6 is 0 Å². The van der Waals surface area contributed by atoms with Crippen LogP contribution in [0.1, 0.15) is 23.2 Å². The Bertz CT molecular complexity index is 468. The summed E-state index contributed by atoms with van der Waals surface area (Å²) < 4.78 is 5.64. The molecule has 1 saturated heterocycles. The van der Waals surface area contributed by atoms with Crippen molar-refractivity contribution in [3.63, 3.8) is 0 Å². The van der Waals surface area contributed by atoms with Gasteiger partial charge in [-0.1, -0.05) is 12.1 Å². The molecule has 0 radical (unpaired) electrons. The molecular formula is C16H24N2O3. The van der Waals surface area contributed by atoms with E-state index in [0.717, 1.165) is 19.6 Å². The van der Waals surface area contributed by atoms with Gasteiger partial charge in [0.2, 0.25) is 0 Å². The Labute approximate surface area is 126 Å². The predicted octanol–water partition coefficient (Wildman–Crippen LogP) is 1.79. The van der Waals surface area contributed by atoms with Gasteiger partial charge in [-0.3, -0.25) is 4.90 Å². The summed E-state index contributed by atoms with van der Waals surface area (Å²) in [6, 6.07) is 7.46. The molecule has 21 heavy (non-hydrogen) atoms. The van der Waals surface area contributed by atoms with Gasteiger partial charge in [0.1, 0.15) is 17.9 Å². The Morgan fingerprint density at radius 3 is 2.62 bits per heavy atom. The van der Waals surface area contributed by atoms with Crippen LogP contribution in [0.15, 0.2) is 24.3 Å². The van der Waals surface area contributed by atoms with Gasteiger partial charge >= 0.3 is 5.97 Å². The van der Waals surface area contributed by atoms with E-state index in [0.29, 0.717) is 18.4 Å². The molecule has 0 unspecified atom stereocenters. The average molecular weight is 292 g/mol. The molecule has 1 heterocycles. The number of rotatable bonds is 6. The Hall–Kier alpha value is -1.59. The van der Waals surface area contributed by atoms with Gasteiger partial charge in [0, 0.05) is 12.6 Å². The van der Waals surface area contributed by atoms with E-state index in [9.17, 15) is 4.79 Å². The first kappa shape index (κ1) is 15.8. The zero-order valence-electron chi connectivity index (χ0n) is 12.8. The molecule has 116 valence electrons. The standard InChI is InChI=1S/C16H24N2O3/c1-17(2)13-7-9-18(10-8-13)11-12-21-15-6-4-3-5-14(15)16(19)20/h3-6,13H,7-12H2,1-2H3,(H,19,20). The lowest BCUT2D eigenvalue weighted by Gasteiger charge is -2.35. The molecule has 1 fully saturated rings. The predicted molar refractivity (Wildman–Crippen MR) is 82.0 cm³/mol. The SMILES string of the molecule is CN(C)C1CCN(CCOc2ccccc2C(=O)O)CC1. The number of piperidine rings is 1. The summed E-state index contributed by atoms with van der Waals surface area (Å²) in [4.78, 5) is 15.8. The Kier molecular flexibility index (Phi) is 5.59. The fourth-order valence-electron chi connectivity index (χ4n) is 2.71. The number of likely N-dealkylation sites (tertiary alicyclic amines) is 1. The van der Waals surface area contributed by atoms with E-state index < -0.39 is 5.97 Å². The number of hydrogen-bond acceptors (Lipinski definition) is 4. The highest BCUT2D eigenvalue weighted by molar-refractivity contribution is 5.90. The van der Waals surface area contributed by atoms with Crippen LogP contribution in [0.25, 0.3) is 0 Å². The fourth-order valence-corrected chi connectivity index (χ4v) is 2.71. The number of para-hydroxylation sites is 1. The third kappa shape index (κ3) is 4.44. The molecule has 0 amide bonds. The number of carbonyl (C=O) groups is 1. The van der Waals surface area contributed by atoms with Crippen LogP contribution in [0.3, 0.4) is 0 Å². The number of aromatic carboxylic acids is 1. The maximum Gasteiger partial charge on any atom is 0.339 e. The average Bonchev–Trinajstić information content (AvgIpc) is 2.48. The molecule has 0 spiro atoms. The van der Waals surface area contributed by atoms with Crippen LogP contribution in [-0.2, 0) is 0 Å². The smallest absolute Gasteiger partial charge is 0.339 e. The zero-order chi connectivity index (χ0) is 15.2. The lowest BCUT2D eigenvalue weighted by atomic mass is 10.0. The van der Waals surface area contributed by atoms with E-state index in [1.165, 1.54) is 12.8 Å². The van der Waals surface area contributed by atoms with E-state index in [1.54, 1.807) is 24.3 Å².